The van der Waals surface area contributed by atoms with Crippen molar-refractivity contribution in [3.8, 4) is 0 Å². The second kappa shape index (κ2) is 6.97. The molecule has 1 aromatic carbocycles. The maximum absolute atomic E-state index is 11.7. The van der Waals surface area contributed by atoms with Gasteiger partial charge in [0.25, 0.3) is 0 Å². The minimum Gasteiger partial charge on any atom is -0.277 e. The van der Waals surface area contributed by atoms with E-state index in [1.807, 2.05) is 13.8 Å². The van der Waals surface area contributed by atoms with Gasteiger partial charge in [0, 0.05) is 16.3 Å². The van der Waals surface area contributed by atoms with Gasteiger partial charge in [0.1, 0.15) is 0 Å². The Balaban J connectivity index is 1.79. The van der Waals surface area contributed by atoms with Crippen molar-refractivity contribution in [2.75, 3.05) is 16.9 Å². The lowest BCUT2D eigenvalue weighted by Crippen LogP contribution is -2.14. The number of aromatic nitrogens is 2. The van der Waals surface area contributed by atoms with Gasteiger partial charge in [0.15, 0.2) is 9.84 Å². The van der Waals surface area contributed by atoms with Crippen molar-refractivity contribution in [2.24, 2.45) is 5.10 Å². The Morgan fingerprint density at radius 2 is 2.12 bits per heavy atom. The van der Waals surface area contributed by atoms with Crippen molar-refractivity contribution in [3.63, 3.8) is 0 Å². The molecule has 1 aliphatic heterocycles. The maximum atomic E-state index is 11.7. The van der Waals surface area contributed by atoms with Crippen LogP contribution < -0.4 is 5.43 Å². The second-order valence-electron chi connectivity index (χ2n) is 6.08. The van der Waals surface area contributed by atoms with E-state index in [4.69, 9.17) is 23.2 Å². The summed E-state index contributed by atoms with van der Waals surface area (Å²) in [4.78, 5) is 0. The lowest BCUT2D eigenvalue weighted by atomic mass is 10.2. The van der Waals surface area contributed by atoms with Gasteiger partial charge >= 0.3 is 0 Å². The molecule has 6 nitrogen and oxygen atoms in total. The monoisotopic (exact) mass is 400 g/mol. The smallest absolute Gasteiger partial charge is 0.152 e. The van der Waals surface area contributed by atoms with Crippen molar-refractivity contribution in [1.82, 2.24) is 9.78 Å². The molecule has 0 radical (unpaired) electrons. The van der Waals surface area contributed by atoms with E-state index in [0.717, 1.165) is 17.0 Å². The summed E-state index contributed by atoms with van der Waals surface area (Å²) in [6.07, 6.45) is 2.27. The van der Waals surface area contributed by atoms with E-state index in [0.29, 0.717) is 22.2 Å². The first kappa shape index (κ1) is 18.2. The van der Waals surface area contributed by atoms with Crippen molar-refractivity contribution in [3.05, 3.63) is 45.2 Å². The summed E-state index contributed by atoms with van der Waals surface area (Å²) in [6.45, 7) is 3.80. The minimum absolute atomic E-state index is 0.107. The van der Waals surface area contributed by atoms with Gasteiger partial charge in [-0.15, -0.1) is 0 Å². The van der Waals surface area contributed by atoms with E-state index < -0.39 is 9.84 Å². The molecule has 0 aliphatic carbocycles. The number of halogens is 2. The molecule has 2 aromatic rings. The molecular formula is C16H18Cl2N4O2S. The fourth-order valence-corrected chi connectivity index (χ4v) is 5.08. The summed E-state index contributed by atoms with van der Waals surface area (Å²) in [7, 11) is -2.96. The van der Waals surface area contributed by atoms with Crippen LogP contribution in [0, 0.1) is 13.8 Å². The fraction of sp³-hybridized carbons (Fsp3) is 0.375. The standard InChI is InChI=1S/C16H18Cl2N4O2S/c1-10-14(8-19-20-16-4-3-12(17)7-15(16)18)11(2)22(21-10)13-5-6-25(23,24)9-13/h3-4,7-8,13,20H,5-6,9H2,1-2H3/b19-8-/t13-/m0/s1. The predicted octanol–water partition coefficient (Wildman–Crippen LogP) is 3.61. The van der Waals surface area contributed by atoms with E-state index >= 15 is 0 Å². The number of anilines is 1. The third-order valence-corrected chi connectivity index (χ3v) is 6.54. The highest BCUT2D eigenvalue weighted by Gasteiger charge is 2.31. The van der Waals surface area contributed by atoms with E-state index in [1.165, 1.54) is 0 Å². The van der Waals surface area contributed by atoms with E-state index in [-0.39, 0.29) is 17.5 Å². The Morgan fingerprint density at radius 1 is 1.36 bits per heavy atom. The molecule has 9 heteroatoms. The molecule has 3 rings (SSSR count). The first-order chi connectivity index (χ1) is 11.8. The van der Waals surface area contributed by atoms with E-state index in [9.17, 15) is 8.42 Å². The number of nitrogens with one attached hydrogen (secondary N) is 1. The van der Waals surface area contributed by atoms with Crippen LogP contribution in [0.4, 0.5) is 5.69 Å². The lowest BCUT2D eigenvalue weighted by molar-refractivity contribution is 0.486. The number of aryl methyl sites for hydroxylation is 1. The van der Waals surface area contributed by atoms with Gasteiger partial charge in [0.05, 0.1) is 40.2 Å². The Kier molecular flexibility index (Phi) is 5.09. The topological polar surface area (TPSA) is 76.3 Å². The van der Waals surface area contributed by atoms with Crippen LogP contribution in [0.3, 0.4) is 0 Å². The van der Waals surface area contributed by atoms with E-state index in [2.05, 4.69) is 15.6 Å². The summed E-state index contributed by atoms with van der Waals surface area (Å²) >= 11 is 12.0. The summed E-state index contributed by atoms with van der Waals surface area (Å²) in [5.74, 6) is 0.361. The Labute approximate surface area is 156 Å². The summed E-state index contributed by atoms with van der Waals surface area (Å²) in [5, 5.41) is 9.75. The molecule has 0 unspecified atom stereocenters. The van der Waals surface area contributed by atoms with Crippen LogP contribution in [0.2, 0.25) is 10.0 Å². The number of hydrazone groups is 1. The van der Waals surface area contributed by atoms with Crippen LogP contribution in [0.5, 0.6) is 0 Å². The van der Waals surface area contributed by atoms with Crippen molar-refractivity contribution in [2.45, 2.75) is 26.3 Å². The van der Waals surface area contributed by atoms with Crippen LogP contribution in [0.1, 0.15) is 29.4 Å². The van der Waals surface area contributed by atoms with Crippen LogP contribution >= 0.6 is 23.2 Å². The number of hydrogen-bond acceptors (Lipinski definition) is 5. The van der Waals surface area contributed by atoms with Crippen LogP contribution in [0.15, 0.2) is 23.3 Å². The highest BCUT2D eigenvalue weighted by Crippen LogP contribution is 2.27. The van der Waals surface area contributed by atoms with Gasteiger partial charge in [0.2, 0.25) is 0 Å². The van der Waals surface area contributed by atoms with E-state index in [1.54, 1.807) is 29.1 Å². The van der Waals surface area contributed by atoms with Gasteiger partial charge in [-0.1, -0.05) is 23.2 Å². The first-order valence-corrected chi connectivity index (χ1v) is 10.3. The summed E-state index contributed by atoms with van der Waals surface area (Å²) in [5.41, 5.74) is 6.09. The molecule has 1 atom stereocenters. The van der Waals surface area contributed by atoms with Gasteiger partial charge in [-0.25, -0.2) is 8.42 Å². The SMILES string of the molecule is Cc1nn([C@H]2CCS(=O)(=O)C2)c(C)c1/C=N\Nc1ccc(Cl)cc1Cl. The zero-order valence-electron chi connectivity index (χ0n) is 13.8. The van der Waals surface area contributed by atoms with Crippen molar-refractivity contribution >= 4 is 44.9 Å². The largest absolute Gasteiger partial charge is 0.277 e. The molecule has 1 saturated heterocycles. The quantitative estimate of drug-likeness (QED) is 0.627. The summed E-state index contributed by atoms with van der Waals surface area (Å²) in [6, 6.07) is 5.00. The Bertz CT molecular complexity index is 938. The normalized spacial score (nSPS) is 19.6. The molecule has 25 heavy (non-hydrogen) atoms. The number of nitrogens with zero attached hydrogens (tertiary/aromatic N) is 3. The summed E-state index contributed by atoms with van der Waals surface area (Å²) < 4.78 is 25.2. The minimum atomic E-state index is -2.96. The van der Waals surface area contributed by atoms with Crippen LogP contribution in [0.25, 0.3) is 0 Å². The van der Waals surface area contributed by atoms with Crippen LogP contribution in [-0.4, -0.2) is 35.9 Å². The molecular weight excluding hydrogens is 383 g/mol. The molecule has 0 saturated carbocycles. The number of benzene rings is 1. The molecule has 2 heterocycles. The molecule has 1 N–H and O–H groups in total. The van der Waals surface area contributed by atoms with Gasteiger partial charge < -0.3 is 0 Å². The van der Waals surface area contributed by atoms with Crippen LogP contribution in [-0.2, 0) is 9.84 Å². The second-order valence-corrected chi connectivity index (χ2v) is 9.15. The fourth-order valence-electron chi connectivity index (χ4n) is 2.93. The Hall–Kier alpha value is -1.57. The number of hydrogen-bond donors (Lipinski definition) is 1. The van der Waals surface area contributed by atoms with Gasteiger partial charge in [-0.3, -0.25) is 10.1 Å². The van der Waals surface area contributed by atoms with Gasteiger partial charge in [-0.2, -0.15) is 10.2 Å². The Morgan fingerprint density at radius 3 is 2.76 bits per heavy atom. The van der Waals surface area contributed by atoms with Gasteiger partial charge in [-0.05, 0) is 38.5 Å². The average molecular weight is 401 g/mol. The molecule has 1 aliphatic rings. The number of sulfone groups is 1. The maximum Gasteiger partial charge on any atom is 0.152 e. The molecule has 0 spiro atoms. The predicted molar refractivity (Wildman–Crippen MR) is 102 cm³/mol. The molecule has 1 fully saturated rings. The van der Waals surface area contributed by atoms with Crippen molar-refractivity contribution in [1.29, 1.82) is 0 Å². The highest BCUT2D eigenvalue weighted by atomic mass is 35.5. The average Bonchev–Trinajstić information content (AvgIpc) is 3.02. The lowest BCUT2D eigenvalue weighted by Gasteiger charge is -2.10. The zero-order valence-corrected chi connectivity index (χ0v) is 16.2. The molecule has 1 aromatic heterocycles. The molecule has 0 bridgehead atoms. The third kappa shape index (κ3) is 3.99. The number of rotatable bonds is 4. The zero-order chi connectivity index (χ0) is 18.2. The third-order valence-electron chi connectivity index (χ3n) is 4.25. The molecule has 0 amide bonds. The highest BCUT2D eigenvalue weighted by molar-refractivity contribution is 7.91. The molecule has 134 valence electrons. The van der Waals surface area contributed by atoms with Crippen molar-refractivity contribution < 1.29 is 8.42 Å². The first-order valence-electron chi connectivity index (χ1n) is 7.77.